The van der Waals surface area contributed by atoms with Crippen LogP contribution in [0.3, 0.4) is 0 Å². The third-order valence-corrected chi connectivity index (χ3v) is 6.46. The summed E-state index contributed by atoms with van der Waals surface area (Å²) in [4.78, 5) is 33.7. The molecule has 2 atom stereocenters. The second kappa shape index (κ2) is 7.32. The van der Waals surface area contributed by atoms with Gasteiger partial charge in [0.25, 0.3) is 0 Å². The summed E-state index contributed by atoms with van der Waals surface area (Å²) in [6.45, 7) is 1.77. The Kier molecular flexibility index (Phi) is 4.92. The number of rotatable bonds is 3. The Morgan fingerprint density at radius 1 is 1.20 bits per heavy atom. The first-order valence-electron chi connectivity index (χ1n) is 9.43. The molecular formula is C18H26N4O2S. The topological polar surface area (TPSA) is 65.5 Å². The summed E-state index contributed by atoms with van der Waals surface area (Å²) in [5, 5.41) is 5.21. The number of hydrogen-bond acceptors (Lipinski definition) is 4. The maximum absolute atomic E-state index is 12.8. The molecule has 7 heteroatoms. The molecule has 0 spiro atoms. The molecule has 5 rings (SSSR count). The van der Waals surface area contributed by atoms with Crippen LogP contribution in [0.25, 0.3) is 0 Å². The van der Waals surface area contributed by atoms with Crippen LogP contribution in [0.5, 0.6) is 0 Å². The standard InChI is InChI=1S/C18H26N4O2S/c23-17-13-6-7-16(22(17)9-15-11-25-12-19-15)10-21(8-13)18(24)20-14-4-2-1-3-5-14/h11-14,16H,1-10H2,(H,20,24)/t13-,16+/m0/s1. The fourth-order valence-electron chi connectivity index (χ4n) is 4.42. The van der Waals surface area contributed by atoms with Gasteiger partial charge in [0.15, 0.2) is 0 Å². The zero-order valence-corrected chi connectivity index (χ0v) is 15.3. The Morgan fingerprint density at radius 2 is 2.04 bits per heavy atom. The van der Waals surface area contributed by atoms with Gasteiger partial charge in [0.1, 0.15) is 0 Å². The van der Waals surface area contributed by atoms with Crippen molar-refractivity contribution in [3.63, 3.8) is 0 Å². The van der Waals surface area contributed by atoms with E-state index >= 15 is 0 Å². The molecule has 0 aromatic carbocycles. The SMILES string of the molecule is O=C(NC1CCCCC1)N1C[C@@H]2CC[C@H](C1)N(Cc1cscn1)C2=O. The summed E-state index contributed by atoms with van der Waals surface area (Å²) in [6.07, 6.45) is 7.73. The van der Waals surface area contributed by atoms with Gasteiger partial charge < -0.3 is 15.1 Å². The predicted octanol–water partition coefficient (Wildman–Crippen LogP) is 2.61. The smallest absolute Gasteiger partial charge is 0.317 e. The highest BCUT2D eigenvalue weighted by atomic mass is 32.1. The predicted molar refractivity (Wildman–Crippen MR) is 96.2 cm³/mol. The lowest BCUT2D eigenvalue weighted by molar-refractivity contribution is -0.140. The van der Waals surface area contributed by atoms with Crippen LogP contribution < -0.4 is 5.32 Å². The summed E-state index contributed by atoms with van der Waals surface area (Å²) in [5.41, 5.74) is 2.75. The first-order valence-corrected chi connectivity index (χ1v) is 10.4. The van der Waals surface area contributed by atoms with Crippen LogP contribution in [0.2, 0.25) is 0 Å². The number of nitrogens with one attached hydrogen (secondary N) is 1. The van der Waals surface area contributed by atoms with Gasteiger partial charge in [0.2, 0.25) is 5.91 Å². The molecule has 1 saturated carbocycles. The minimum Gasteiger partial charge on any atom is -0.335 e. The van der Waals surface area contributed by atoms with E-state index in [2.05, 4.69) is 10.3 Å². The molecule has 6 nitrogen and oxygen atoms in total. The molecule has 4 heterocycles. The number of urea groups is 1. The van der Waals surface area contributed by atoms with Crippen molar-refractivity contribution in [3.05, 3.63) is 16.6 Å². The van der Waals surface area contributed by atoms with Gasteiger partial charge in [-0.2, -0.15) is 0 Å². The molecule has 3 saturated heterocycles. The molecule has 1 aliphatic carbocycles. The Bertz CT molecular complexity index is 615. The van der Waals surface area contributed by atoms with E-state index in [1.165, 1.54) is 19.3 Å². The molecule has 4 fully saturated rings. The van der Waals surface area contributed by atoms with Crippen LogP contribution in [0.1, 0.15) is 50.6 Å². The summed E-state index contributed by atoms with van der Waals surface area (Å²) in [7, 11) is 0. The lowest BCUT2D eigenvalue weighted by atomic mass is 9.94. The van der Waals surface area contributed by atoms with Crippen LogP contribution in [0.4, 0.5) is 4.79 Å². The van der Waals surface area contributed by atoms with Gasteiger partial charge in [-0.1, -0.05) is 19.3 Å². The number of nitrogens with zero attached hydrogens (tertiary/aromatic N) is 3. The van der Waals surface area contributed by atoms with Crippen molar-refractivity contribution in [2.45, 2.75) is 63.6 Å². The molecule has 1 aromatic rings. The lowest BCUT2D eigenvalue weighted by Crippen LogP contribution is -2.49. The van der Waals surface area contributed by atoms with E-state index in [1.807, 2.05) is 15.2 Å². The quantitative estimate of drug-likeness (QED) is 0.899. The number of thiazole rings is 1. The highest BCUT2D eigenvalue weighted by Gasteiger charge is 2.42. The van der Waals surface area contributed by atoms with E-state index < -0.39 is 0 Å². The van der Waals surface area contributed by atoms with Crippen LogP contribution in [-0.2, 0) is 11.3 Å². The van der Waals surface area contributed by atoms with E-state index in [9.17, 15) is 9.59 Å². The number of hydrogen-bond donors (Lipinski definition) is 1. The van der Waals surface area contributed by atoms with Crippen molar-refractivity contribution in [2.75, 3.05) is 13.1 Å². The second-order valence-electron chi connectivity index (χ2n) is 7.56. The first-order chi connectivity index (χ1) is 12.2. The summed E-state index contributed by atoms with van der Waals surface area (Å²) in [6, 6.07) is 0.445. The Morgan fingerprint density at radius 3 is 2.80 bits per heavy atom. The van der Waals surface area contributed by atoms with Gasteiger partial charge in [-0.25, -0.2) is 9.78 Å². The second-order valence-corrected chi connectivity index (χ2v) is 8.28. The van der Waals surface area contributed by atoms with Gasteiger partial charge in [-0.15, -0.1) is 11.3 Å². The number of carbonyl (C=O) groups excluding carboxylic acids is 2. The van der Waals surface area contributed by atoms with Crippen LogP contribution in [-0.4, -0.2) is 51.9 Å². The molecule has 25 heavy (non-hydrogen) atoms. The Balaban J connectivity index is 1.43. The summed E-state index contributed by atoms with van der Waals surface area (Å²) < 4.78 is 0. The Hall–Kier alpha value is -1.63. The third kappa shape index (κ3) is 3.66. The molecule has 1 aromatic heterocycles. The zero-order chi connectivity index (χ0) is 17.2. The number of fused-ring (bicyclic) bond motifs is 4. The summed E-state index contributed by atoms with van der Waals surface area (Å²) >= 11 is 1.56. The molecule has 0 unspecified atom stereocenters. The molecule has 3 amide bonds. The van der Waals surface area contributed by atoms with E-state index in [-0.39, 0.29) is 23.9 Å². The summed E-state index contributed by atoms with van der Waals surface area (Å²) in [5.74, 6) is 0.131. The fourth-order valence-corrected chi connectivity index (χ4v) is 4.97. The van der Waals surface area contributed by atoms with Gasteiger partial charge in [0.05, 0.1) is 23.7 Å². The zero-order valence-electron chi connectivity index (χ0n) is 14.5. The third-order valence-electron chi connectivity index (χ3n) is 5.83. The van der Waals surface area contributed by atoms with Gasteiger partial charge in [0, 0.05) is 30.6 Å². The minimum absolute atomic E-state index is 0.0205. The highest BCUT2D eigenvalue weighted by Crippen LogP contribution is 2.30. The number of aromatic nitrogens is 1. The maximum atomic E-state index is 12.8. The largest absolute Gasteiger partial charge is 0.335 e. The van der Waals surface area contributed by atoms with Gasteiger partial charge in [-0.05, 0) is 25.7 Å². The molecule has 136 valence electrons. The number of amides is 3. The monoisotopic (exact) mass is 362 g/mol. The normalized spacial score (nSPS) is 27.4. The van der Waals surface area contributed by atoms with E-state index in [0.29, 0.717) is 25.7 Å². The number of carbonyl (C=O) groups is 2. The van der Waals surface area contributed by atoms with Crippen LogP contribution in [0, 0.1) is 5.92 Å². The minimum atomic E-state index is -0.0607. The average molecular weight is 362 g/mol. The molecule has 0 radical (unpaired) electrons. The van der Waals surface area contributed by atoms with Crippen molar-refractivity contribution < 1.29 is 9.59 Å². The van der Waals surface area contributed by atoms with Crippen molar-refractivity contribution in [1.82, 2.24) is 20.1 Å². The molecule has 3 aliphatic heterocycles. The lowest BCUT2D eigenvalue weighted by Gasteiger charge is -2.35. The van der Waals surface area contributed by atoms with Crippen LogP contribution in [0.15, 0.2) is 10.9 Å². The fraction of sp³-hybridized carbons (Fsp3) is 0.722. The molecular weight excluding hydrogens is 336 g/mol. The van der Waals surface area contributed by atoms with Gasteiger partial charge >= 0.3 is 6.03 Å². The molecule has 4 aliphatic rings. The molecule has 1 N–H and O–H groups in total. The van der Waals surface area contributed by atoms with Crippen molar-refractivity contribution in [3.8, 4) is 0 Å². The van der Waals surface area contributed by atoms with E-state index in [4.69, 9.17) is 0 Å². The number of piperidine rings is 1. The van der Waals surface area contributed by atoms with Crippen molar-refractivity contribution >= 4 is 23.3 Å². The highest BCUT2D eigenvalue weighted by molar-refractivity contribution is 7.07. The Labute approximate surface area is 152 Å². The van der Waals surface area contributed by atoms with Crippen LogP contribution >= 0.6 is 11.3 Å². The first kappa shape index (κ1) is 16.8. The average Bonchev–Trinajstić information content (AvgIpc) is 2.98. The maximum Gasteiger partial charge on any atom is 0.317 e. The van der Waals surface area contributed by atoms with Gasteiger partial charge in [-0.3, -0.25) is 4.79 Å². The molecule has 2 bridgehead atoms. The van der Waals surface area contributed by atoms with E-state index in [1.54, 1.807) is 16.8 Å². The van der Waals surface area contributed by atoms with Crippen molar-refractivity contribution in [2.24, 2.45) is 5.92 Å². The van der Waals surface area contributed by atoms with E-state index in [0.717, 1.165) is 31.4 Å². The van der Waals surface area contributed by atoms with Crippen molar-refractivity contribution in [1.29, 1.82) is 0 Å².